The fourth-order valence-electron chi connectivity index (χ4n) is 2.81. The topological polar surface area (TPSA) is 84.0 Å². The van der Waals surface area contributed by atoms with Gasteiger partial charge in [-0.15, -0.1) is 0 Å². The summed E-state index contributed by atoms with van der Waals surface area (Å²) in [4.78, 5) is 39.7. The third kappa shape index (κ3) is 3.72. The molecule has 3 aromatic rings. The number of aromatic amines is 1. The van der Waals surface area contributed by atoms with Gasteiger partial charge in [0.1, 0.15) is 11.4 Å². The van der Waals surface area contributed by atoms with Crippen LogP contribution in [0.3, 0.4) is 0 Å². The Morgan fingerprint density at radius 1 is 1.07 bits per heavy atom. The first-order chi connectivity index (χ1) is 12.9. The van der Waals surface area contributed by atoms with Crippen molar-refractivity contribution in [3.05, 3.63) is 97.6 Å². The van der Waals surface area contributed by atoms with Crippen molar-refractivity contribution in [2.75, 3.05) is 5.32 Å². The fourth-order valence-corrected chi connectivity index (χ4v) is 2.81. The Morgan fingerprint density at radius 3 is 2.41 bits per heavy atom. The van der Waals surface area contributed by atoms with Gasteiger partial charge in [-0.05, 0) is 31.0 Å². The quantitative estimate of drug-likeness (QED) is 0.743. The molecule has 27 heavy (non-hydrogen) atoms. The average Bonchev–Trinajstić information content (AvgIpc) is 2.63. The van der Waals surface area contributed by atoms with E-state index in [1.54, 1.807) is 6.07 Å². The Balaban J connectivity index is 1.98. The molecule has 0 unspecified atom stereocenters. The number of anilines is 1. The largest absolute Gasteiger partial charge is 0.328 e. The second-order valence-electron chi connectivity index (χ2n) is 6.21. The number of H-pyrrole nitrogens is 1. The van der Waals surface area contributed by atoms with Crippen LogP contribution in [0.1, 0.15) is 27.0 Å². The van der Waals surface area contributed by atoms with E-state index in [9.17, 15) is 18.8 Å². The van der Waals surface area contributed by atoms with Gasteiger partial charge in [-0.1, -0.05) is 36.4 Å². The van der Waals surface area contributed by atoms with E-state index in [2.05, 4.69) is 10.3 Å². The number of carbonyl (C=O) groups is 1. The number of aromatic nitrogens is 2. The molecule has 0 aliphatic carbocycles. The highest BCUT2D eigenvalue weighted by Crippen LogP contribution is 2.19. The third-order valence-corrected chi connectivity index (χ3v) is 4.31. The zero-order valence-corrected chi connectivity index (χ0v) is 14.9. The zero-order valence-electron chi connectivity index (χ0n) is 14.9. The molecule has 0 aliphatic rings. The average molecular weight is 367 g/mol. The normalized spacial score (nSPS) is 10.6. The molecule has 0 radical (unpaired) electrons. The number of amides is 1. The summed E-state index contributed by atoms with van der Waals surface area (Å²) in [6.45, 7) is 3.41. The van der Waals surface area contributed by atoms with Gasteiger partial charge < -0.3 is 10.3 Å². The summed E-state index contributed by atoms with van der Waals surface area (Å²) in [7, 11) is 0. The van der Waals surface area contributed by atoms with Crippen molar-refractivity contribution in [3.8, 4) is 0 Å². The van der Waals surface area contributed by atoms with E-state index in [1.165, 1.54) is 18.2 Å². The van der Waals surface area contributed by atoms with Crippen LogP contribution >= 0.6 is 0 Å². The highest BCUT2D eigenvalue weighted by molar-refractivity contribution is 6.04. The number of nitrogens with zero attached hydrogens (tertiary/aromatic N) is 1. The zero-order chi connectivity index (χ0) is 19.6. The summed E-state index contributed by atoms with van der Waals surface area (Å²) in [6, 6.07) is 11.4. The summed E-state index contributed by atoms with van der Waals surface area (Å²) >= 11 is 0. The lowest BCUT2D eigenvalue weighted by atomic mass is 10.1. The Hall–Kier alpha value is -3.48. The van der Waals surface area contributed by atoms with Gasteiger partial charge >= 0.3 is 5.69 Å². The second-order valence-corrected chi connectivity index (χ2v) is 6.21. The molecule has 0 saturated heterocycles. The van der Waals surface area contributed by atoms with Crippen LogP contribution in [0.5, 0.6) is 0 Å². The monoisotopic (exact) mass is 367 g/mol. The van der Waals surface area contributed by atoms with E-state index >= 15 is 0 Å². The van der Waals surface area contributed by atoms with Crippen LogP contribution in [0.2, 0.25) is 0 Å². The molecule has 138 valence electrons. The molecule has 6 nitrogen and oxygen atoms in total. The van der Waals surface area contributed by atoms with Crippen LogP contribution in [0, 0.1) is 19.7 Å². The lowest BCUT2D eigenvalue weighted by Gasteiger charge is -2.12. The summed E-state index contributed by atoms with van der Waals surface area (Å²) < 4.78 is 14.7. The number of rotatable bonds is 4. The molecule has 0 aliphatic heterocycles. The predicted octanol–water partition coefficient (Wildman–Crippen LogP) is 2.59. The molecular weight excluding hydrogens is 349 g/mol. The van der Waals surface area contributed by atoms with Crippen LogP contribution in [0.15, 0.2) is 58.3 Å². The first-order valence-electron chi connectivity index (χ1n) is 8.32. The molecular formula is C20H18FN3O3. The molecule has 0 spiro atoms. The highest BCUT2D eigenvalue weighted by atomic mass is 19.1. The van der Waals surface area contributed by atoms with Crippen LogP contribution in [0.25, 0.3) is 0 Å². The lowest BCUT2D eigenvalue weighted by Crippen LogP contribution is -2.39. The standard InChI is InChI=1S/C20H18FN3O3/c1-12-6-5-7-13(2)17(12)23-18(25)15-10-22-20(27)24(19(15)26)11-14-8-3-4-9-16(14)21/h3-10H,11H2,1-2H3,(H,22,27)(H,23,25). The summed E-state index contributed by atoms with van der Waals surface area (Å²) in [5.74, 6) is -1.18. The first kappa shape index (κ1) is 18.3. The smallest absolute Gasteiger partial charge is 0.321 e. The summed E-state index contributed by atoms with van der Waals surface area (Å²) in [6.07, 6.45) is 1.07. The van der Waals surface area contributed by atoms with Crippen molar-refractivity contribution >= 4 is 11.6 Å². The number of benzene rings is 2. The minimum Gasteiger partial charge on any atom is -0.321 e. The molecule has 7 heteroatoms. The van der Waals surface area contributed by atoms with Gasteiger partial charge in [0, 0.05) is 17.4 Å². The van der Waals surface area contributed by atoms with Crippen molar-refractivity contribution in [1.82, 2.24) is 9.55 Å². The SMILES string of the molecule is Cc1cccc(C)c1NC(=O)c1c[nH]c(=O)n(Cc2ccccc2F)c1=O. The number of halogens is 1. The number of nitrogens with one attached hydrogen (secondary N) is 2. The molecule has 0 saturated carbocycles. The van der Waals surface area contributed by atoms with Gasteiger partial charge in [-0.3, -0.25) is 14.2 Å². The maximum absolute atomic E-state index is 13.9. The molecule has 2 aromatic carbocycles. The van der Waals surface area contributed by atoms with Crippen LogP contribution in [-0.2, 0) is 6.54 Å². The van der Waals surface area contributed by atoms with E-state index in [0.717, 1.165) is 21.9 Å². The second kappa shape index (κ2) is 7.41. The number of para-hydroxylation sites is 1. The number of hydrogen-bond donors (Lipinski definition) is 2. The molecule has 3 rings (SSSR count). The molecule has 0 fully saturated rings. The van der Waals surface area contributed by atoms with Gasteiger partial charge in [-0.25, -0.2) is 9.18 Å². The first-order valence-corrected chi connectivity index (χ1v) is 8.32. The molecule has 1 aromatic heterocycles. The molecule has 1 amide bonds. The maximum atomic E-state index is 13.9. The van der Waals surface area contributed by atoms with E-state index < -0.39 is 23.0 Å². The molecule has 0 bridgehead atoms. The Morgan fingerprint density at radius 2 is 1.74 bits per heavy atom. The van der Waals surface area contributed by atoms with Crippen molar-refractivity contribution in [3.63, 3.8) is 0 Å². The van der Waals surface area contributed by atoms with Gasteiger partial charge in [0.05, 0.1) is 6.54 Å². The summed E-state index contributed by atoms with van der Waals surface area (Å²) in [5.41, 5.74) is 0.747. The van der Waals surface area contributed by atoms with Gasteiger partial charge in [-0.2, -0.15) is 0 Å². The maximum Gasteiger partial charge on any atom is 0.328 e. The highest BCUT2D eigenvalue weighted by Gasteiger charge is 2.17. The predicted molar refractivity (Wildman–Crippen MR) is 101 cm³/mol. The Bertz CT molecular complexity index is 1110. The van der Waals surface area contributed by atoms with Gasteiger partial charge in [0.15, 0.2) is 0 Å². The van der Waals surface area contributed by atoms with Gasteiger partial charge in [0.25, 0.3) is 11.5 Å². The molecule has 0 atom stereocenters. The number of aryl methyl sites for hydroxylation is 2. The lowest BCUT2D eigenvalue weighted by molar-refractivity contribution is 0.102. The van der Waals surface area contributed by atoms with E-state index in [4.69, 9.17) is 0 Å². The molecule has 1 heterocycles. The van der Waals surface area contributed by atoms with Gasteiger partial charge in [0.2, 0.25) is 0 Å². The Labute approximate surface area is 154 Å². The van der Waals surface area contributed by atoms with Crippen LogP contribution in [0.4, 0.5) is 10.1 Å². The summed E-state index contributed by atoms with van der Waals surface area (Å²) in [5, 5.41) is 2.71. The van der Waals surface area contributed by atoms with Crippen molar-refractivity contribution in [2.45, 2.75) is 20.4 Å². The molecule has 2 N–H and O–H groups in total. The fraction of sp³-hybridized carbons (Fsp3) is 0.150. The van der Waals surface area contributed by atoms with E-state index in [0.29, 0.717) is 5.69 Å². The minimum atomic E-state index is -0.786. The van der Waals surface area contributed by atoms with Crippen molar-refractivity contribution in [1.29, 1.82) is 0 Å². The minimum absolute atomic E-state index is 0.178. The van der Waals surface area contributed by atoms with E-state index in [-0.39, 0.29) is 17.7 Å². The van der Waals surface area contributed by atoms with E-state index in [1.807, 2.05) is 32.0 Å². The third-order valence-electron chi connectivity index (χ3n) is 4.31. The number of carbonyl (C=O) groups excluding carboxylic acids is 1. The van der Waals surface area contributed by atoms with Crippen LogP contribution in [-0.4, -0.2) is 15.5 Å². The van der Waals surface area contributed by atoms with Crippen molar-refractivity contribution in [2.24, 2.45) is 0 Å². The van der Waals surface area contributed by atoms with Crippen molar-refractivity contribution < 1.29 is 9.18 Å². The number of hydrogen-bond acceptors (Lipinski definition) is 3. The van der Waals surface area contributed by atoms with Crippen LogP contribution < -0.4 is 16.6 Å². The Kier molecular flexibility index (Phi) is 5.03.